The largest absolute Gasteiger partial charge is 0.370 e. The zero-order chi connectivity index (χ0) is 14.8. The predicted molar refractivity (Wildman–Crippen MR) is 77.2 cm³/mol. The van der Waals surface area contributed by atoms with Crippen molar-refractivity contribution in [2.24, 2.45) is 0 Å². The molecular formula is C14H13ClFN3O2. The molecule has 110 valence electrons. The lowest BCUT2D eigenvalue weighted by Gasteiger charge is -2.34. The van der Waals surface area contributed by atoms with Crippen LogP contribution >= 0.6 is 11.6 Å². The summed E-state index contributed by atoms with van der Waals surface area (Å²) >= 11 is 6.03. The van der Waals surface area contributed by atoms with E-state index in [2.05, 4.69) is 10.2 Å². The van der Waals surface area contributed by atoms with E-state index in [4.69, 9.17) is 16.3 Å². The van der Waals surface area contributed by atoms with Gasteiger partial charge in [-0.1, -0.05) is 23.7 Å². The summed E-state index contributed by atoms with van der Waals surface area (Å²) in [6, 6.07) is 6.20. The van der Waals surface area contributed by atoms with Gasteiger partial charge in [-0.15, -0.1) is 0 Å². The molecule has 7 heteroatoms. The van der Waals surface area contributed by atoms with E-state index in [1.54, 1.807) is 12.1 Å². The summed E-state index contributed by atoms with van der Waals surface area (Å²) in [5.74, 6) is -0.284. The average Bonchev–Trinajstić information content (AvgIpc) is 2.51. The summed E-state index contributed by atoms with van der Waals surface area (Å²) in [5.41, 5.74) is 1.05. The van der Waals surface area contributed by atoms with Gasteiger partial charge in [0.15, 0.2) is 0 Å². The number of morpholine rings is 1. The fourth-order valence-corrected chi connectivity index (χ4v) is 2.55. The quantitative estimate of drug-likeness (QED) is 0.923. The third-order valence-electron chi connectivity index (χ3n) is 3.43. The minimum atomic E-state index is -0.418. The van der Waals surface area contributed by atoms with Gasteiger partial charge in [-0.05, 0) is 17.7 Å². The molecule has 0 unspecified atom stereocenters. The van der Waals surface area contributed by atoms with Crippen molar-refractivity contribution in [1.82, 2.24) is 10.2 Å². The minimum absolute atomic E-state index is 0.116. The van der Waals surface area contributed by atoms with E-state index in [9.17, 15) is 9.18 Å². The fourth-order valence-electron chi connectivity index (χ4n) is 2.34. The Bertz CT molecular complexity index is 689. The lowest BCUT2D eigenvalue weighted by Crippen LogP contribution is -2.39. The molecule has 1 fully saturated rings. The van der Waals surface area contributed by atoms with Crippen LogP contribution < -0.4 is 10.5 Å². The molecule has 2 heterocycles. The Labute approximate surface area is 125 Å². The molecule has 0 amide bonds. The molecule has 2 aromatic rings. The molecule has 1 aliphatic heterocycles. The first kappa shape index (κ1) is 14.0. The molecule has 1 aromatic heterocycles. The highest BCUT2D eigenvalue weighted by Gasteiger charge is 2.24. The van der Waals surface area contributed by atoms with Gasteiger partial charge in [-0.2, -0.15) is 5.10 Å². The Hall–Kier alpha value is -1.92. The molecule has 0 bridgehead atoms. The third-order valence-corrected chi connectivity index (χ3v) is 3.79. The molecule has 21 heavy (non-hydrogen) atoms. The van der Waals surface area contributed by atoms with Gasteiger partial charge in [0.25, 0.3) is 5.56 Å². The molecule has 1 aromatic carbocycles. The number of anilines is 1. The summed E-state index contributed by atoms with van der Waals surface area (Å²) in [7, 11) is 0. The fraction of sp³-hybridized carbons (Fsp3) is 0.286. The summed E-state index contributed by atoms with van der Waals surface area (Å²) in [6.07, 6.45) is 1.33. The van der Waals surface area contributed by atoms with Crippen LogP contribution in [0.5, 0.6) is 0 Å². The van der Waals surface area contributed by atoms with Crippen LogP contribution in [0.3, 0.4) is 0 Å². The van der Waals surface area contributed by atoms with Gasteiger partial charge in [0.1, 0.15) is 16.9 Å². The van der Waals surface area contributed by atoms with Crippen LogP contribution in [0.25, 0.3) is 0 Å². The molecule has 1 atom stereocenters. The van der Waals surface area contributed by atoms with E-state index >= 15 is 0 Å². The monoisotopic (exact) mass is 309 g/mol. The molecule has 5 nitrogen and oxygen atoms in total. The normalized spacial score (nSPS) is 18.8. The summed E-state index contributed by atoms with van der Waals surface area (Å²) in [4.78, 5) is 13.5. The van der Waals surface area contributed by atoms with Gasteiger partial charge in [0.2, 0.25) is 0 Å². The SMILES string of the molecule is O=c1[nH]ncc(N2CCO[C@@H](c3ccc(F)cc3)C2)c1Cl. The number of benzene rings is 1. The van der Waals surface area contributed by atoms with E-state index in [1.165, 1.54) is 18.3 Å². The van der Waals surface area contributed by atoms with Crippen LogP contribution in [-0.2, 0) is 4.74 Å². The number of halogens is 2. The summed E-state index contributed by atoms with van der Waals surface area (Å²) in [5, 5.41) is 6.18. The number of nitrogens with zero attached hydrogens (tertiary/aromatic N) is 2. The highest BCUT2D eigenvalue weighted by Crippen LogP contribution is 2.28. The summed E-state index contributed by atoms with van der Waals surface area (Å²) in [6.45, 7) is 1.63. The minimum Gasteiger partial charge on any atom is -0.370 e. The van der Waals surface area contributed by atoms with Crippen molar-refractivity contribution in [2.75, 3.05) is 24.6 Å². The van der Waals surface area contributed by atoms with Crippen LogP contribution in [0.1, 0.15) is 11.7 Å². The maximum atomic E-state index is 13.0. The second kappa shape index (κ2) is 5.83. The Morgan fingerprint density at radius 2 is 2.14 bits per heavy atom. The molecule has 0 radical (unpaired) electrons. The summed E-state index contributed by atoms with van der Waals surface area (Å²) < 4.78 is 18.7. The highest BCUT2D eigenvalue weighted by molar-refractivity contribution is 6.32. The number of hydrogen-bond acceptors (Lipinski definition) is 4. The second-order valence-electron chi connectivity index (χ2n) is 4.76. The number of ether oxygens (including phenoxy) is 1. The molecule has 1 N–H and O–H groups in total. The van der Waals surface area contributed by atoms with Crippen molar-refractivity contribution in [3.05, 3.63) is 57.2 Å². The average molecular weight is 310 g/mol. The lowest BCUT2D eigenvalue weighted by atomic mass is 10.1. The van der Waals surface area contributed by atoms with E-state index in [-0.39, 0.29) is 16.9 Å². The zero-order valence-electron chi connectivity index (χ0n) is 11.1. The van der Waals surface area contributed by atoms with Gasteiger partial charge in [-0.3, -0.25) is 4.79 Å². The van der Waals surface area contributed by atoms with Crippen molar-refractivity contribution in [2.45, 2.75) is 6.10 Å². The van der Waals surface area contributed by atoms with Crippen molar-refractivity contribution >= 4 is 17.3 Å². The van der Waals surface area contributed by atoms with Gasteiger partial charge in [-0.25, -0.2) is 9.49 Å². The molecule has 0 saturated carbocycles. The van der Waals surface area contributed by atoms with Crippen LogP contribution in [0.4, 0.5) is 10.1 Å². The van der Waals surface area contributed by atoms with E-state index in [0.29, 0.717) is 25.4 Å². The Kier molecular flexibility index (Phi) is 3.90. The number of rotatable bonds is 2. The standard InChI is InChI=1S/C14H13ClFN3O2/c15-13-11(7-17-18-14(13)20)19-5-6-21-12(8-19)9-1-3-10(16)4-2-9/h1-4,7,12H,5-6,8H2,(H,18,20)/t12-/m1/s1. The second-order valence-corrected chi connectivity index (χ2v) is 5.13. The smallest absolute Gasteiger partial charge is 0.285 e. The first-order valence-electron chi connectivity index (χ1n) is 6.50. The van der Waals surface area contributed by atoms with Crippen LogP contribution in [0.15, 0.2) is 35.3 Å². The predicted octanol–water partition coefficient (Wildman–Crippen LogP) is 2.14. The van der Waals surface area contributed by atoms with Gasteiger partial charge in [0, 0.05) is 13.1 Å². The third kappa shape index (κ3) is 2.91. The molecular weight excluding hydrogens is 297 g/mol. The van der Waals surface area contributed by atoms with Crippen molar-refractivity contribution in [3.8, 4) is 0 Å². The number of aromatic amines is 1. The number of H-pyrrole nitrogens is 1. The number of nitrogens with one attached hydrogen (secondary N) is 1. The zero-order valence-corrected chi connectivity index (χ0v) is 11.8. The highest BCUT2D eigenvalue weighted by atomic mass is 35.5. The Morgan fingerprint density at radius 1 is 1.38 bits per heavy atom. The molecule has 3 rings (SSSR count). The van der Waals surface area contributed by atoms with Crippen molar-refractivity contribution in [1.29, 1.82) is 0 Å². The van der Waals surface area contributed by atoms with Crippen LogP contribution in [0.2, 0.25) is 5.02 Å². The molecule has 1 saturated heterocycles. The van der Waals surface area contributed by atoms with Crippen LogP contribution in [0, 0.1) is 5.82 Å². The van der Waals surface area contributed by atoms with Gasteiger partial charge >= 0.3 is 0 Å². The van der Waals surface area contributed by atoms with Crippen molar-refractivity contribution in [3.63, 3.8) is 0 Å². The number of aromatic nitrogens is 2. The van der Waals surface area contributed by atoms with Crippen LogP contribution in [-0.4, -0.2) is 29.9 Å². The molecule has 0 spiro atoms. The van der Waals surface area contributed by atoms with Crippen molar-refractivity contribution < 1.29 is 9.13 Å². The Morgan fingerprint density at radius 3 is 2.90 bits per heavy atom. The lowest BCUT2D eigenvalue weighted by molar-refractivity contribution is 0.0397. The topological polar surface area (TPSA) is 58.2 Å². The van der Waals surface area contributed by atoms with Gasteiger partial charge < -0.3 is 9.64 Å². The molecule has 0 aliphatic carbocycles. The first-order valence-corrected chi connectivity index (χ1v) is 6.88. The Balaban J connectivity index is 1.84. The maximum absolute atomic E-state index is 13.0. The van der Waals surface area contributed by atoms with E-state index in [1.807, 2.05) is 4.90 Å². The molecule has 1 aliphatic rings. The van der Waals surface area contributed by atoms with E-state index in [0.717, 1.165) is 5.56 Å². The maximum Gasteiger partial charge on any atom is 0.285 e. The van der Waals surface area contributed by atoms with E-state index < -0.39 is 5.56 Å². The first-order chi connectivity index (χ1) is 10.1. The number of hydrogen-bond donors (Lipinski definition) is 1. The van der Waals surface area contributed by atoms with Gasteiger partial charge in [0.05, 0.1) is 18.5 Å².